The fourth-order valence-corrected chi connectivity index (χ4v) is 6.71. The summed E-state index contributed by atoms with van der Waals surface area (Å²) in [7, 11) is 1.69. The molecule has 6 rings (SSSR count). The smallest absolute Gasteiger partial charge is 0.271 e. The summed E-state index contributed by atoms with van der Waals surface area (Å²) < 4.78 is 8.34. The van der Waals surface area contributed by atoms with Crippen LogP contribution in [0, 0.1) is 0 Å². The van der Waals surface area contributed by atoms with Crippen LogP contribution < -0.4 is 24.5 Å². The van der Waals surface area contributed by atoms with Crippen molar-refractivity contribution in [3.63, 3.8) is 0 Å². The Hall–Kier alpha value is -3.90. The molecule has 0 bridgehead atoms. The summed E-state index contributed by atoms with van der Waals surface area (Å²) in [6, 6.07) is 24.7. The lowest BCUT2D eigenvalue weighted by Gasteiger charge is -2.31. The van der Waals surface area contributed by atoms with Gasteiger partial charge in [0.25, 0.3) is 5.56 Å². The molecule has 0 spiro atoms. The van der Waals surface area contributed by atoms with E-state index >= 15 is 0 Å². The Morgan fingerprint density at radius 3 is 2.50 bits per heavy atom. The van der Waals surface area contributed by atoms with Crippen LogP contribution in [0.4, 0.5) is 5.69 Å². The molecule has 0 radical (unpaired) electrons. The molecule has 0 amide bonds. The number of anilines is 1. The zero-order valence-electron chi connectivity index (χ0n) is 22.0. The Morgan fingerprint density at radius 1 is 1.00 bits per heavy atom. The second-order valence-corrected chi connectivity index (χ2v) is 10.6. The molecule has 192 valence electrons. The lowest BCUT2D eigenvalue weighted by atomic mass is 9.83. The highest BCUT2D eigenvalue weighted by molar-refractivity contribution is 7.07. The van der Waals surface area contributed by atoms with E-state index in [-0.39, 0.29) is 11.6 Å². The minimum absolute atomic E-state index is 0.0112. The highest BCUT2D eigenvalue weighted by atomic mass is 32.1. The van der Waals surface area contributed by atoms with Crippen LogP contribution in [0.2, 0.25) is 0 Å². The molecule has 0 fully saturated rings. The van der Waals surface area contributed by atoms with Crippen molar-refractivity contribution in [3.05, 3.63) is 120 Å². The van der Waals surface area contributed by atoms with E-state index in [0.29, 0.717) is 4.53 Å². The SMILES string of the molecule is CCN(CC)c1ccc(C=c2sc3n(c2=O)C(c2ccccc2OC)C2=C(N=3)c3ccccc3CC2)cc1. The largest absolute Gasteiger partial charge is 0.496 e. The number of fused-ring (bicyclic) bond motifs is 3. The molecule has 5 nitrogen and oxygen atoms in total. The van der Waals surface area contributed by atoms with E-state index in [0.717, 1.165) is 53.3 Å². The van der Waals surface area contributed by atoms with Gasteiger partial charge in [-0.3, -0.25) is 9.36 Å². The van der Waals surface area contributed by atoms with Gasteiger partial charge >= 0.3 is 0 Å². The number of ether oxygens (including phenoxy) is 1. The van der Waals surface area contributed by atoms with Crippen molar-refractivity contribution in [2.45, 2.75) is 32.7 Å². The summed E-state index contributed by atoms with van der Waals surface area (Å²) >= 11 is 1.46. The molecular weight excluding hydrogens is 490 g/mol. The normalized spacial score (nSPS) is 16.4. The Bertz CT molecular complexity index is 1710. The van der Waals surface area contributed by atoms with Gasteiger partial charge in [0.2, 0.25) is 0 Å². The zero-order valence-corrected chi connectivity index (χ0v) is 22.8. The van der Waals surface area contributed by atoms with Crippen LogP contribution >= 0.6 is 11.3 Å². The standard InChI is InChI=1S/C32H31N3O2S/c1-4-34(5-2)23-17-14-21(15-18-23)20-28-31(36)35-30(25-12-8-9-13-27(25)37-3)26-19-16-22-10-6-7-11-24(22)29(26)33-32(35)38-28/h6-15,17-18,20,30H,4-5,16,19H2,1-3H3. The number of rotatable bonds is 6. The average molecular weight is 522 g/mol. The van der Waals surface area contributed by atoms with Crippen molar-refractivity contribution in [1.82, 2.24) is 4.57 Å². The zero-order chi connectivity index (χ0) is 26.2. The van der Waals surface area contributed by atoms with E-state index in [9.17, 15) is 4.79 Å². The number of hydrogen-bond acceptors (Lipinski definition) is 5. The number of hydrogen-bond donors (Lipinski definition) is 0. The van der Waals surface area contributed by atoms with Crippen LogP contribution in [0.15, 0.2) is 88.2 Å². The minimum Gasteiger partial charge on any atom is -0.496 e. The second-order valence-electron chi connectivity index (χ2n) is 9.62. The molecule has 2 heterocycles. The van der Waals surface area contributed by atoms with Crippen LogP contribution in [0.25, 0.3) is 11.8 Å². The van der Waals surface area contributed by atoms with Crippen LogP contribution in [-0.2, 0) is 6.42 Å². The van der Waals surface area contributed by atoms with Crippen LogP contribution in [0.1, 0.15) is 48.6 Å². The number of nitrogens with zero attached hydrogens (tertiary/aromatic N) is 3. The summed E-state index contributed by atoms with van der Waals surface area (Å²) in [5.74, 6) is 0.784. The summed E-state index contributed by atoms with van der Waals surface area (Å²) in [6.07, 6.45) is 3.78. The maximum atomic E-state index is 14.0. The molecule has 0 saturated carbocycles. The van der Waals surface area contributed by atoms with Gasteiger partial charge in [-0.25, -0.2) is 4.99 Å². The first-order valence-corrected chi connectivity index (χ1v) is 14.1. The van der Waals surface area contributed by atoms with Crippen molar-refractivity contribution < 1.29 is 4.74 Å². The second kappa shape index (κ2) is 10.1. The monoisotopic (exact) mass is 521 g/mol. The number of methoxy groups -OCH3 is 1. The molecule has 38 heavy (non-hydrogen) atoms. The van der Waals surface area contributed by atoms with Crippen molar-refractivity contribution in [2.24, 2.45) is 4.99 Å². The van der Waals surface area contributed by atoms with E-state index in [4.69, 9.17) is 9.73 Å². The first kappa shape index (κ1) is 24.4. The molecule has 1 aromatic heterocycles. The Labute approximate surface area is 226 Å². The Morgan fingerprint density at radius 2 is 1.74 bits per heavy atom. The topological polar surface area (TPSA) is 46.8 Å². The van der Waals surface area contributed by atoms with Gasteiger partial charge in [0.15, 0.2) is 4.80 Å². The molecule has 4 aromatic rings. The molecule has 3 aromatic carbocycles. The lowest BCUT2D eigenvalue weighted by Crippen LogP contribution is -2.39. The number of benzene rings is 3. The average Bonchev–Trinajstić information content (AvgIpc) is 3.27. The van der Waals surface area contributed by atoms with Gasteiger partial charge in [-0.2, -0.15) is 0 Å². The highest BCUT2D eigenvalue weighted by Crippen LogP contribution is 2.43. The van der Waals surface area contributed by atoms with Gasteiger partial charge in [0.1, 0.15) is 5.75 Å². The maximum absolute atomic E-state index is 14.0. The van der Waals surface area contributed by atoms with Crippen molar-refractivity contribution in [1.29, 1.82) is 0 Å². The number of thiazole rings is 1. The fraction of sp³-hybridized carbons (Fsp3) is 0.250. The van der Waals surface area contributed by atoms with E-state index in [1.807, 2.05) is 28.8 Å². The summed E-state index contributed by atoms with van der Waals surface area (Å²) in [5.41, 5.74) is 7.83. The van der Waals surface area contributed by atoms with Gasteiger partial charge < -0.3 is 9.64 Å². The molecule has 0 saturated heterocycles. The predicted octanol–water partition coefficient (Wildman–Crippen LogP) is 5.17. The summed E-state index contributed by atoms with van der Waals surface area (Å²) in [4.78, 5) is 22.2. The first-order chi connectivity index (χ1) is 18.6. The molecule has 1 unspecified atom stereocenters. The third-order valence-electron chi connectivity index (χ3n) is 7.63. The molecule has 1 aliphatic heterocycles. The van der Waals surface area contributed by atoms with E-state index in [2.05, 4.69) is 73.3 Å². The maximum Gasteiger partial charge on any atom is 0.271 e. The number of allylic oxidation sites excluding steroid dienone is 1. The molecule has 0 N–H and O–H groups in total. The third kappa shape index (κ3) is 4.09. The summed E-state index contributed by atoms with van der Waals surface area (Å²) in [5, 5.41) is 0. The van der Waals surface area contributed by atoms with Crippen LogP contribution in [-0.4, -0.2) is 24.8 Å². The van der Waals surface area contributed by atoms with E-state index < -0.39 is 0 Å². The Kier molecular flexibility index (Phi) is 6.50. The lowest BCUT2D eigenvalue weighted by molar-refractivity contribution is 0.402. The quantitative estimate of drug-likeness (QED) is 0.352. The fourth-order valence-electron chi connectivity index (χ4n) is 5.71. The molecular formula is C32H31N3O2S. The van der Waals surface area contributed by atoms with E-state index in [1.54, 1.807) is 7.11 Å². The summed E-state index contributed by atoms with van der Waals surface area (Å²) in [6.45, 7) is 6.25. The van der Waals surface area contributed by atoms with Crippen molar-refractivity contribution >= 4 is 28.8 Å². The number of aryl methyl sites for hydroxylation is 1. The van der Waals surface area contributed by atoms with Gasteiger partial charge in [0, 0.05) is 29.9 Å². The highest BCUT2D eigenvalue weighted by Gasteiger charge is 2.33. The predicted molar refractivity (Wildman–Crippen MR) is 156 cm³/mol. The first-order valence-electron chi connectivity index (χ1n) is 13.2. The number of aromatic nitrogens is 1. The van der Waals surface area contributed by atoms with E-state index in [1.165, 1.54) is 33.7 Å². The Balaban J connectivity index is 1.54. The molecule has 6 heteroatoms. The third-order valence-corrected chi connectivity index (χ3v) is 8.61. The van der Waals surface area contributed by atoms with Crippen molar-refractivity contribution in [3.8, 4) is 5.75 Å². The van der Waals surface area contributed by atoms with Gasteiger partial charge in [-0.1, -0.05) is 65.9 Å². The van der Waals surface area contributed by atoms with Crippen LogP contribution in [0.5, 0.6) is 5.75 Å². The van der Waals surface area contributed by atoms with Gasteiger partial charge in [-0.15, -0.1) is 0 Å². The van der Waals surface area contributed by atoms with Crippen molar-refractivity contribution in [2.75, 3.05) is 25.1 Å². The number of para-hydroxylation sites is 1. The molecule has 2 aliphatic rings. The molecule has 1 atom stereocenters. The molecule has 1 aliphatic carbocycles. The minimum atomic E-state index is -0.252. The van der Waals surface area contributed by atoms with Gasteiger partial charge in [0.05, 0.1) is 23.4 Å². The van der Waals surface area contributed by atoms with Crippen LogP contribution in [0.3, 0.4) is 0 Å². The van der Waals surface area contributed by atoms with Gasteiger partial charge in [-0.05, 0) is 67.7 Å².